The van der Waals surface area contributed by atoms with Crippen LogP contribution in [0.4, 0.5) is 0 Å². The first-order valence-electron chi connectivity index (χ1n) is 8.07. The van der Waals surface area contributed by atoms with Crippen LogP contribution in [0.3, 0.4) is 0 Å². The number of likely N-dealkylation sites (tertiary alicyclic amines) is 1. The molecule has 1 N–H and O–H groups in total. The van der Waals surface area contributed by atoms with Crippen LogP contribution in [0.25, 0.3) is 0 Å². The SMILES string of the molecule is CC(C)C(C)NCCN1CCC2(CCCC2)CC1. The standard InChI is InChI=1S/C16H32N2/c1-14(2)15(3)17-10-13-18-11-8-16(9-12-18)6-4-5-7-16/h14-15,17H,4-13H2,1-3H3. The van der Waals surface area contributed by atoms with Gasteiger partial charge in [0.25, 0.3) is 0 Å². The van der Waals surface area contributed by atoms with E-state index in [1.807, 2.05) is 0 Å². The van der Waals surface area contributed by atoms with Crippen molar-refractivity contribution in [1.82, 2.24) is 10.2 Å². The second kappa shape index (κ2) is 6.38. The Kier molecular flexibility index (Phi) is 5.08. The third-order valence-corrected chi connectivity index (χ3v) is 5.48. The summed E-state index contributed by atoms with van der Waals surface area (Å²) in [5, 5.41) is 3.65. The van der Waals surface area contributed by atoms with Gasteiger partial charge in [0, 0.05) is 19.1 Å². The predicted molar refractivity (Wildman–Crippen MR) is 78.9 cm³/mol. The monoisotopic (exact) mass is 252 g/mol. The Morgan fingerprint density at radius 1 is 1.00 bits per heavy atom. The van der Waals surface area contributed by atoms with Gasteiger partial charge in [-0.15, -0.1) is 0 Å². The Balaban J connectivity index is 1.62. The van der Waals surface area contributed by atoms with Gasteiger partial charge in [-0.3, -0.25) is 0 Å². The van der Waals surface area contributed by atoms with Crippen LogP contribution in [0, 0.1) is 11.3 Å². The van der Waals surface area contributed by atoms with Crippen molar-refractivity contribution in [2.45, 2.75) is 65.3 Å². The van der Waals surface area contributed by atoms with E-state index in [-0.39, 0.29) is 0 Å². The van der Waals surface area contributed by atoms with Gasteiger partial charge >= 0.3 is 0 Å². The molecule has 2 fully saturated rings. The summed E-state index contributed by atoms with van der Waals surface area (Å²) in [6.07, 6.45) is 8.95. The van der Waals surface area contributed by atoms with Gasteiger partial charge in [-0.05, 0) is 57.0 Å². The molecule has 2 heteroatoms. The zero-order valence-corrected chi connectivity index (χ0v) is 12.7. The number of nitrogens with one attached hydrogen (secondary N) is 1. The summed E-state index contributed by atoms with van der Waals surface area (Å²) >= 11 is 0. The minimum atomic E-state index is 0.649. The molecule has 0 radical (unpaired) electrons. The highest BCUT2D eigenvalue weighted by Gasteiger charge is 2.36. The highest BCUT2D eigenvalue weighted by Crippen LogP contribution is 2.45. The molecule has 0 bridgehead atoms. The first-order chi connectivity index (χ1) is 8.61. The molecule has 2 rings (SSSR count). The Morgan fingerprint density at radius 2 is 1.61 bits per heavy atom. The molecule has 0 aromatic rings. The van der Waals surface area contributed by atoms with Crippen LogP contribution in [-0.4, -0.2) is 37.1 Å². The lowest BCUT2D eigenvalue weighted by molar-refractivity contribution is 0.108. The molecule has 0 aromatic heterocycles. The van der Waals surface area contributed by atoms with Crippen LogP contribution in [0.15, 0.2) is 0 Å². The van der Waals surface area contributed by atoms with Gasteiger partial charge in [0.05, 0.1) is 0 Å². The molecule has 1 aliphatic carbocycles. The molecule has 0 aromatic carbocycles. The maximum absolute atomic E-state index is 3.65. The van der Waals surface area contributed by atoms with E-state index < -0.39 is 0 Å². The highest BCUT2D eigenvalue weighted by molar-refractivity contribution is 4.89. The zero-order valence-electron chi connectivity index (χ0n) is 12.7. The van der Waals surface area contributed by atoms with Crippen LogP contribution in [0.5, 0.6) is 0 Å². The second-order valence-electron chi connectivity index (χ2n) is 7.04. The molecule has 106 valence electrons. The summed E-state index contributed by atoms with van der Waals surface area (Å²) in [7, 11) is 0. The Bertz CT molecular complexity index is 233. The molecule has 1 unspecified atom stereocenters. The normalized spacial score (nSPS) is 26.0. The van der Waals surface area contributed by atoms with E-state index in [0.717, 1.165) is 17.9 Å². The summed E-state index contributed by atoms with van der Waals surface area (Å²) in [5.74, 6) is 0.744. The quantitative estimate of drug-likeness (QED) is 0.808. The molecular weight excluding hydrogens is 220 g/mol. The maximum atomic E-state index is 3.65. The molecule has 1 spiro atoms. The molecule has 2 nitrogen and oxygen atoms in total. The summed E-state index contributed by atoms with van der Waals surface area (Å²) in [6, 6.07) is 0.649. The van der Waals surface area contributed by atoms with Crippen molar-refractivity contribution in [3.63, 3.8) is 0 Å². The van der Waals surface area contributed by atoms with Crippen LogP contribution in [0.1, 0.15) is 59.3 Å². The third-order valence-electron chi connectivity index (χ3n) is 5.48. The maximum Gasteiger partial charge on any atom is 0.0107 e. The lowest BCUT2D eigenvalue weighted by Crippen LogP contribution is -2.43. The van der Waals surface area contributed by atoms with Gasteiger partial charge in [-0.2, -0.15) is 0 Å². The smallest absolute Gasteiger partial charge is 0.0107 e. The van der Waals surface area contributed by atoms with E-state index >= 15 is 0 Å². The van der Waals surface area contributed by atoms with Gasteiger partial charge in [0.2, 0.25) is 0 Å². The second-order valence-corrected chi connectivity index (χ2v) is 7.04. The first-order valence-corrected chi connectivity index (χ1v) is 8.07. The molecule has 1 heterocycles. The van der Waals surface area contributed by atoms with Crippen molar-refractivity contribution >= 4 is 0 Å². The van der Waals surface area contributed by atoms with E-state index in [2.05, 4.69) is 31.0 Å². The minimum Gasteiger partial charge on any atom is -0.313 e. The summed E-state index contributed by atoms with van der Waals surface area (Å²) in [5.41, 5.74) is 0.773. The Labute approximate surface area is 114 Å². The predicted octanol–water partition coefficient (Wildman–Crippen LogP) is 3.28. The summed E-state index contributed by atoms with van der Waals surface area (Å²) in [6.45, 7) is 12.0. The van der Waals surface area contributed by atoms with E-state index in [1.54, 1.807) is 0 Å². The largest absolute Gasteiger partial charge is 0.313 e. The van der Waals surface area contributed by atoms with E-state index in [0.29, 0.717) is 6.04 Å². The zero-order chi connectivity index (χ0) is 13.0. The van der Waals surface area contributed by atoms with Crippen molar-refractivity contribution in [2.75, 3.05) is 26.2 Å². The Hall–Kier alpha value is -0.0800. The number of rotatable bonds is 5. The molecule has 1 saturated heterocycles. The van der Waals surface area contributed by atoms with Crippen LogP contribution >= 0.6 is 0 Å². The number of nitrogens with zero attached hydrogens (tertiary/aromatic N) is 1. The van der Waals surface area contributed by atoms with Crippen molar-refractivity contribution in [1.29, 1.82) is 0 Å². The lowest BCUT2D eigenvalue weighted by Gasteiger charge is -2.39. The average molecular weight is 252 g/mol. The number of hydrogen-bond acceptors (Lipinski definition) is 2. The topological polar surface area (TPSA) is 15.3 Å². The van der Waals surface area contributed by atoms with E-state index in [1.165, 1.54) is 58.2 Å². The van der Waals surface area contributed by atoms with Crippen molar-refractivity contribution < 1.29 is 0 Å². The molecule has 0 amide bonds. The Morgan fingerprint density at radius 3 is 2.17 bits per heavy atom. The van der Waals surface area contributed by atoms with Gasteiger partial charge in [-0.1, -0.05) is 26.7 Å². The van der Waals surface area contributed by atoms with Gasteiger partial charge in [-0.25, -0.2) is 0 Å². The van der Waals surface area contributed by atoms with Gasteiger partial charge < -0.3 is 10.2 Å². The van der Waals surface area contributed by atoms with E-state index in [4.69, 9.17) is 0 Å². The fourth-order valence-corrected chi connectivity index (χ4v) is 3.56. The molecule has 1 atom stereocenters. The number of piperidine rings is 1. The van der Waals surface area contributed by atoms with Gasteiger partial charge in [0.15, 0.2) is 0 Å². The van der Waals surface area contributed by atoms with Crippen molar-refractivity contribution in [2.24, 2.45) is 11.3 Å². The fraction of sp³-hybridized carbons (Fsp3) is 1.00. The van der Waals surface area contributed by atoms with E-state index in [9.17, 15) is 0 Å². The molecular formula is C16H32N2. The van der Waals surface area contributed by atoms with Crippen LogP contribution in [0.2, 0.25) is 0 Å². The lowest BCUT2D eigenvalue weighted by atomic mass is 9.77. The molecule has 1 saturated carbocycles. The first kappa shape index (κ1) is 14.3. The summed E-state index contributed by atoms with van der Waals surface area (Å²) in [4.78, 5) is 2.67. The van der Waals surface area contributed by atoms with Gasteiger partial charge in [0.1, 0.15) is 0 Å². The minimum absolute atomic E-state index is 0.649. The molecule has 2 aliphatic rings. The van der Waals surface area contributed by atoms with Crippen molar-refractivity contribution in [3.8, 4) is 0 Å². The third kappa shape index (κ3) is 3.71. The number of hydrogen-bond donors (Lipinski definition) is 1. The average Bonchev–Trinajstić information content (AvgIpc) is 2.80. The molecule has 18 heavy (non-hydrogen) atoms. The van der Waals surface area contributed by atoms with Crippen LogP contribution in [-0.2, 0) is 0 Å². The fourth-order valence-electron chi connectivity index (χ4n) is 3.56. The van der Waals surface area contributed by atoms with Crippen molar-refractivity contribution in [3.05, 3.63) is 0 Å². The molecule has 1 aliphatic heterocycles. The van der Waals surface area contributed by atoms with Crippen LogP contribution < -0.4 is 5.32 Å². The highest BCUT2D eigenvalue weighted by atomic mass is 15.1. The summed E-state index contributed by atoms with van der Waals surface area (Å²) < 4.78 is 0.